The summed E-state index contributed by atoms with van der Waals surface area (Å²) in [6, 6.07) is -1.33. The van der Waals surface area contributed by atoms with Crippen LogP contribution in [-0.2, 0) is 4.79 Å². The molecule has 1 amide bonds. The van der Waals surface area contributed by atoms with Crippen molar-refractivity contribution in [2.45, 2.75) is 32.0 Å². The molecule has 0 bridgehead atoms. The van der Waals surface area contributed by atoms with Gasteiger partial charge in [0, 0.05) is 17.1 Å². The monoisotopic (exact) mass is 481 g/mol. The predicted octanol–water partition coefficient (Wildman–Crippen LogP) is 4.43. The van der Waals surface area contributed by atoms with Gasteiger partial charge in [-0.3, -0.25) is 14.9 Å². The molecule has 5 rings (SSSR count). The minimum absolute atomic E-state index is 0.157. The van der Waals surface area contributed by atoms with Gasteiger partial charge in [-0.05, 0) is 13.3 Å². The molecule has 0 saturated heterocycles. The number of carbonyl (C=O) groups excluding carboxylic acids is 1. The number of H-pyrrole nitrogens is 1. The number of hydrogen-bond donors (Lipinski definition) is 3. The Morgan fingerprint density at radius 3 is 2.79 bits per heavy atom. The molecule has 1 unspecified atom stereocenters. The molecule has 3 heterocycles. The summed E-state index contributed by atoms with van der Waals surface area (Å²) in [4.78, 5) is 20.5. The minimum atomic E-state index is -2.73. The number of imidazole rings is 1. The molecule has 3 N–H and O–H groups in total. The first-order valence-corrected chi connectivity index (χ1v) is 10.3. The van der Waals surface area contributed by atoms with E-state index in [4.69, 9.17) is 11.6 Å². The molecule has 0 radical (unpaired) electrons. The van der Waals surface area contributed by atoms with Crippen molar-refractivity contribution < 1.29 is 22.4 Å². The Kier molecular flexibility index (Phi) is 5.11. The highest BCUT2D eigenvalue weighted by atomic mass is 35.5. The zero-order valence-electron chi connectivity index (χ0n) is 16.9. The third kappa shape index (κ3) is 3.73. The highest BCUT2D eigenvalue weighted by Gasteiger charge is 2.43. The van der Waals surface area contributed by atoms with Crippen LogP contribution in [0.3, 0.4) is 0 Å². The number of aromatic nitrogens is 5. The lowest BCUT2D eigenvalue weighted by Crippen LogP contribution is -2.24. The molecule has 1 aliphatic rings. The van der Waals surface area contributed by atoms with Crippen LogP contribution < -0.4 is 10.6 Å². The smallest absolute Gasteiger partial charge is 0.258 e. The fourth-order valence-corrected chi connectivity index (χ4v) is 3.83. The second-order valence-electron chi connectivity index (χ2n) is 7.82. The van der Waals surface area contributed by atoms with Gasteiger partial charge >= 0.3 is 0 Å². The van der Waals surface area contributed by atoms with Crippen molar-refractivity contribution in [3.63, 3.8) is 0 Å². The number of anilines is 2. The standard InChI is InChI=1S/C20H16ClF4N7O/c1-7(19(24)25)28-18-16(23)15(21)14(9-3-27-31-17(9)18)11-5-32-6-12(29-13(32)4-26-11)30-20(33)8-2-10(8)22/h3-8,10,19,28H,2H2,1H3,(H,27,31)(H,30,33)/t7?,8-,10+/m1/s1. The molecule has 8 nitrogen and oxygen atoms in total. The van der Waals surface area contributed by atoms with Crippen LogP contribution in [0, 0.1) is 11.7 Å². The van der Waals surface area contributed by atoms with E-state index < -0.39 is 36.3 Å². The molecule has 13 heteroatoms. The van der Waals surface area contributed by atoms with E-state index in [-0.39, 0.29) is 39.7 Å². The maximum absolute atomic E-state index is 15.1. The SMILES string of the molecule is CC(Nc1c(F)c(Cl)c(-c2cn3cc(NC(=O)[C@@H]4C[C@@H]4F)nc3cn2)c2cn[nH]c12)C(F)F. The topological polar surface area (TPSA) is 100 Å². The fraction of sp³-hybridized carbons (Fsp3) is 0.300. The Hall–Kier alpha value is -3.41. The van der Waals surface area contributed by atoms with Crippen LogP contribution in [0.5, 0.6) is 0 Å². The van der Waals surface area contributed by atoms with Gasteiger partial charge in [0.15, 0.2) is 17.3 Å². The van der Waals surface area contributed by atoms with Gasteiger partial charge in [-0.2, -0.15) is 5.10 Å². The second-order valence-corrected chi connectivity index (χ2v) is 8.19. The number of hydrogen-bond acceptors (Lipinski definition) is 5. The van der Waals surface area contributed by atoms with Crippen molar-refractivity contribution in [2.24, 2.45) is 5.92 Å². The molecule has 3 aromatic heterocycles. The summed E-state index contributed by atoms with van der Waals surface area (Å²) in [6.45, 7) is 1.22. The largest absolute Gasteiger partial charge is 0.373 e. The lowest BCUT2D eigenvalue weighted by Gasteiger charge is -2.17. The number of benzene rings is 1. The normalized spacial score (nSPS) is 18.8. The van der Waals surface area contributed by atoms with Gasteiger partial charge in [-0.25, -0.2) is 22.5 Å². The number of rotatable bonds is 6. The summed E-state index contributed by atoms with van der Waals surface area (Å²) in [5.41, 5.74) is 0.778. The Morgan fingerprint density at radius 2 is 2.09 bits per heavy atom. The number of nitrogens with one attached hydrogen (secondary N) is 3. The lowest BCUT2D eigenvalue weighted by atomic mass is 10.0. The van der Waals surface area contributed by atoms with Crippen LogP contribution in [0.15, 0.2) is 24.8 Å². The number of halogens is 5. The fourth-order valence-electron chi connectivity index (χ4n) is 3.53. The molecular weight excluding hydrogens is 466 g/mol. The summed E-state index contributed by atoms with van der Waals surface area (Å²) in [7, 11) is 0. The molecule has 3 atom stereocenters. The summed E-state index contributed by atoms with van der Waals surface area (Å²) in [5.74, 6) is -1.84. The quantitative estimate of drug-likeness (QED) is 0.354. The molecule has 33 heavy (non-hydrogen) atoms. The number of alkyl halides is 3. The van der Waals surface area contributed by atoms with Crippen LogP contribution in [0.25, 0.3) is 27.8 Å². The number of carbonyl (C=O) groups is 1. The first kappa shape index (κ1) is 21.4. The maximum Gasteiger partial charge on any atom is 0.258 e. The third-order valence-corrected chi connectivity index (χ3v) is 5.79. The van der Waals surface area contributed by atoms with Crippen LogP contribution in [0.4, 0.5) is 29.1 Å². The van der Waals surface area contributed by atoms with E-state index in [0.29, 0.717) is 11.0 Å². The van der Waals surface area contributed by atoms with E-state index in [2.05, 4.69) is 30.8 Å². The summed E-state index contributed by atoms with van der Waals surface area (Å²) in [5, 5.41) is 11.6. The highest BCUT2D eigenvalue weighted by molar-refractivity contribution is 6.35. The zero-order valence-corrected chi connectivity index (χ0v) is 17.7. The predicted molar refractivity (Wildman–Crippen MR) is 114 cm³/mol. The van der Waals surface area contributed by atoms with Gasteiger partial charge in [-0.1, -0.05) is 11.6 Å². The molecule has 4 aromatic rings. The molecule has 1 aliphatic carbocycles. The molecular formula is C20H16ClF4N7O. The lowest BCUT2D eigenvalue weighted by molar-refractivity contribution is -0.117. The summed E-state index contributed by atoms with van der Waals surface area (Å²) in [6.07, 6.45) is 2.15. The minimum Gasteiger partial charge on any atom is -0.373 e. The van der Waals surface area contributed by atoms with Gasteiger partial charge in [0.1, 0.15) is 6.17 Å². The van der Waals surface area contributed by atoms with Crippen molar-refractivity contribution in [1.29, 1.82) is 0 Å². The molecule has 172 valence electrons. The molecule has 1 aromatic carbocycles. The van der Waals surface area contributed by atoms with E-state index in [1.165, 1.54) is 31.7 Å². The molecule has 1 fully saturated rings. The van der Waals surface area contributed by atoms with E-state index in [9.17, 15) is 18.0 Å². The summed E-state index contributed by atoms with van der Waals surface area (Å²) < 4.78 is 55.8. The highest BCUT2D eigenvalue weighted by Crippen LogP contribution is 2.41. The van der Waals surface area contributed by atoms with Gasteiger partial charge in [0.2, 0.25) is 5.91 Å². The average Bonchev–Trinajstić information content (AvgIpc) is 3.15. The number of aromatic amines is 1. The van der Waals surface area contributed by atoms with Gasteiger partial charge in [-0.15, -0.1) is 0 Å². The van der Waals surface area contributed by atoms with E-state index in [1.54, 1.807) is 4.40 Å². The Balaban J connectivity index is 1.54. The first-order valence-electron chi connectivity index (χ1n) is 9.93. The van der Waals surface area contributed by atoms with Crippen molar-refractivity contribution in [3.8, 4) is 11.3 Å². The molecule has 1 saturated carbocycles. The van der Waals surface area contributed by atoms with Crippen LogP contribution in [0.2, 0.25) is 5.02 Å². The van der Waals surface area contributed by atoms with Crippen LogP contribution >= 0.6 is 11.6 Å². The number of nitrogens with zero attached hydrogens (tertiary/aromatic N) is 4. The summed E-state index contributed by atoms with van der Waals surface area (Å²) >= 11 is 6.31. The van der Waals surface area contributed by atoms with Crippen molar-refractivity contribution in [3.05, 3.63) is 35.6 Å². The molecule has 0 aliphatic heterocycles. The third-order valence-electron chi connectivity index (χ3n) is 5.44. The van der Waals surface area contributed by atoms with Gasteiger partial charge in [0.25, 0.3) is 6.43 Å². The van der Waals surface area contributed by atoms with Crippen molar-refractivity contribution >= 4 is 45.6 Å². The Morgan fingerprint density at radius 1 is 1.33 bits per heavy atom. The second kappa shape index (κ2) is 7.87. The van der Waals surface area contributed by atoms with Crippen LogP contribution in [-0.4, -0.2) is 49.1 Å². The maximum atomic E-state index is 15.1. The van der Waals surface area contributed by atoms with Crippen LogP contribution in [0.1, 0.15) is 13.3 Å². The first-order chi connectivity index (χ1) is 15.7. The van der Waals surface area contributed by atoms with E-state index in [0.717, 1.165) is 0 Å². The van der Waals surface area contributed by atoms with Gasteiger partial charge < -0.3 is 15.0 Å². The number of amides is 1. The van der Waals surface area contributed by atoms with E-state index in [1.807, 2.05) is 0 Å². The van der Waals surface area contributed by atoms with Crippen molar-refractivity contribution in [2.75, 3.05) is 10.6 Å². The number of fused-ring (bicyclic) bond motifs is 2. The zero-order chi connectivity index (χ0) is 23.4. The van der Waals surface area contributed by atoms with E-state index >= 15 is 4.39 Å². The van der Waals surface area contributed by atoms with Gasteiger partial charge in [0.05, 0.1) is 52.5 Å². The Bertz CT molecular complexity index is 1390. The molecule has 0 spiro atoms. The Labute approximate surface area is 188 Å². The van der Waals surface area contributed by atoms with Crippen molar-refractivity contribution in [1.82, 2.24) is 24.6 Å². The average molecular weight is 482 g/mol.